The van der Waals surface area contributed by atoms with Crippen molar-refractivity contribution in [2.45, 2.75) is 38.6 Å². The Morgan fingerprint density at radius 3 is 2.29 bits per heavy atom. The Labute approximate surface area is 165 Å². The van der Waals surface area contributed by atoms with Crippen molar-refractivity contribution in [3.8, 4) is 0 Å². The van der Waals surface area contributed by atoms with Crippen molar-refractivity contribution in [2.75, 3.05) is 45.8 Å². The minimum atomic E-state index is -0.622. The van der Waals surface area contributed by atoms with Gasteiger partial charge in [0.15, 0.2) is 5.76 Å². The number of hydrogen-bond donors (Lipinski definition) is 1. The summed E-state index contributed by atoms with van der Waals surface area (Å²) in [6, 6.07) is 2.57. The van der Waals surface area contributed by atoms with E-state index >= 15 is 0 Å². The van der Waals surface area contributed by atoms with Gasteiger partial charge in [0, 0.05) is 39.3 Å². The Bertz CT molecular complexity index is 660. The lowest BCUT2D eigenvalue weighted by atomic mass is 10.2. The zero-order valence-corrected chi connectivity index (χ0v) is 16.6. The quantitative estimate of drug-likeness (QED) is 0.809. The zero-order chi connectivity index (χ0) is 19.9. The smallest absolute Gasteiger partial charge is 0.287 e. The molecule has 1 atom stereocenters. The van der Waals surface area contributed by atoms with Gasteiger partial charge >= 0.3 is 0 Å². The first kappa shape index (κ1) is 20.4. The van der Waals surface area contributed by atoms with Crippen LogP contribution in [0.1, 0.15) is 43.2 Å². The van der Waals surface area contributed by atoms with Crippen LogP contribution in [0, 0.1) is 0 Å². The van der Waals surface area contributed by atoms with Gasteiger partial charge in [-0.25, -0.2) is 0 Å². The molecule has 1 aromatic heterocycles. The molecule has 0 aromatic carbocycles. The maximum absolute atomic E-state index is 12.6. The fourth-order valence-corrected chi connectivity index (χ4v) is 3.75. The van der Waals surface area contributed by atoms with Crippen LogP contribution in [-0.4, -0.2) is 84.3 Å². The lowest BCUT2D eigenvalue weighted by molar-refractivity contribution is -0.136. The second-order valence-corrected chi connectivity index (χ2v) is 7.57. The normalized spacial score (nSPS) is 19.8. The summed E-state index contributed by atoms with van der Waals surface area (Å²) in [4.78, 5) is 43.0. The molecular weight excluding hydrogens is 360 g/mol. The molecule has 0 aliphatic carbocycles. The van der Waals surface area contributed by atoms with Crippen molar-refractivity contribution in [3.63, 3.8) is 0 Å². The van der Waals surface area contributed by atoms with E-state index in [4.69, 9.17) is 4.42 Å². The number of nitrogens with zero attached hydrogens (tertiary/aromatic N) is 3. The lowest BCUT2D eigenvalue weighted by Crippen LogP contribution is -2.55. The van der Waals surface area contributed by atoms with Crippen molar-refractivity contribution < 1.29 is 18.8 Å². The number of hydrogen-bond acceptors (Lipinski definition) is 5. The molecule has 2 aliphatic heterocycles. The van der Waals surface area contributed by atoms with Gasteiger partial charge in [0.05, 0.1) is 12.8 Å². The minimum Gasteiger partial charge on any atom is -0.459 e. The van der Waals surface area contributed by atoms with E-state index in [-0.39, 0.29) is 17.6 Å². The molecular formula is C20H30N4O4. The zero-order valence-electron chi connectivity index (χ0n) is 16.6. The summed E-state index contributed by atoms with van der Waals surface area (Å²) >= 11 is 0. The van der Waals surface area contributed by atoms with Gasteiger partial charge in [0.25, 0.3) is 5.91 Å². The first-order chi connectivity index (χ1) is 13.5. The molecule has 8 heteroatoms. The summed E-state index contributed by atoms with van der Waals surface area (Å²) in [5.74, 6) is -0.122. The topological polar surface area (TPSA) is 86.1 Å². The van der Waals surface area contributed by atoms with Gasteiger partial charge in [0.1, 0.15) is 6.04 Å². The molecule has 28 heavy (non-hydrogen) atoms. The van der Waals surface area contributed by atoms with Gasteiger partial charge in [0.2, 0.25) is 11.8 Å². The Morgan fingerprint density at radius 1 is 1.00 bits per heavy atom. The Hall–Kier alpha value is -2.35. The summed E-state index contributed by atoms with van der Waals surface area (Å²) in [6.07, 6.45) is 6.03. The predicted octanol–water partition coefficient (Wildman–Crippen LogP) is 0.945. The van der Waals surface area contributed by atoms with Crippen LogP contribution in [0.15, 0.2) is 22.8 Å². The molecule has 2 fully saturated rings. The molecule has 0 spiro atoms. The number of amides is 3. The van der Waals surface area contributed by atoms with Crippen LogP contribution >= 0.6 is 0 Å². The molecule has 0 bridgehead atoms. The van der Waals surface area contributed by atoms with Crippen LogP contribution < -0.4 is 5.32 Å². The number of likely N-dealkylation sites (tertiary alicyclic amines) is 1. The molecule has 0 saturated carbocycles. The number of nitrogens with one attached hydrogen (secondary N) is 1. The average Bonchev–Trinajstić information content (AvgIpc) is 3.10. The van der Waals surface area contributed by atoms with Gasteiger partial charge < -0.3 is 19.5 Å². The SMILES string of the molecule is CC(NC(=O)c1ccco1)C(=O)N1CCN(CC(=O)N2CCCCCC2)CC1. The van der Waals surface area contributed by atoms with E-state index in [1.165, 1.54) is 19.1 Å². The van der Waals surface area contributed by atoms with E-state index in [9.17, 15) is 14.4 Å². The van der Waals surface area contributed by atoms with Gasteiger partial charge in [-0.1, -0.05) is 12.8 Å². The molecule has 2 aliphatic rings. The standard InChI is InChI=1S/C20H30N4O4/c1-16(21-19(26)17-7-6-14-28-17)20(27)24-12-10-22(11-13-24)15-18(25)23-8-4-2-3-5-9-23/h6-7,14,16H,2-5,8-13,15H2,1H3,(H,21,26). The van der Waals surface area contributed by atoms with Crippen LogP contribution in [0.2, 0.25) is 0 Å². The second kappa shape index (κ2) is 9.73. The summed E-state index contributed by atoms with van der Waals surface area (Å²) < 4.78 is 5.05. The van der Waals surface area contributed by atoms with Crippen LogP contribution in [0.25, 0.3) is 0 Å². The number of carbonyl (C=O) groups excluding carboxylic acids is 3. The van der Waals surface area contributed by atoms with Gasteiger partial charge in [-0.05, 0) is 31.9 Å². The van der Waals surface area contributed by atoms with Crippen molar-refractivity contribution in [2.24, 2.45) is 0 Å². The first-order valence-electron chi connectivity index (χ1n) is 10.2. The first-order valence-corrected chi connectivity index (χ1v) is 10.2. The minimum absolute atomic E-state index is 0.113. The third kappa shape index (κ3) is 5.34. The molecule has 3 amide bonds. The number of furan rings is 1. The van der Waals surface area contributed by atoms with E-state index in [1.54, 1.807) is 24.0 Å². The van der Waals surface area contributed by atoms with E-state index in [0.717, 1.165) is 25.9 Å². The highest BCUT2D eigenvalue weighted by atomic mass is 16.3. The molecule has 1 aromatic rings. The highest BCUT2D eigenvalue weighted by Crippen LogP contribution is 2.11. The monoisotopic (exact) mass is 390 g/mol. The van der Waals surface area contributed by atoms with E-state index in [2.05, 4.69) is 10.2 Å². The van der Waals surface area contributed by atoms with Crippen molar-refractivity contribution >= 4 is 17.7 Å². The second-order valence-electron chi connectivity index (χ2n) is 7.57. The van der Waals surface area contributed by atoms with Crippen molar-refractivity contribution in [1.29, 1.82) is 0 Å². The van der Waals surface area contributed by atoms with Crippen LogP contribution in [-0.2, 0) is 9.59 Å². The number of rotatable bonds is 5. The Morgan fingerprint density at radius 2 is 1.68 bits per heavy atom. The highest BCUT2D eigenvalue weighted by molar-refractivity contribution is 5.95. The molecule has 2 saturated heterocycles. The highest BCUT2D eigenvalue weighted by Gasteiger charge is 2.28. The van der Waals surface area contributed by atoms with Crippen LogP contribution in [0.5, 0.6) is 0 Å². The van der Waals surface area contributed by atoms with E-state index in [1.807, 2.05) is 4.90 Å². The fraction of sp³-hybridized carbons (Fsp3) is 0.650. The molecule has 3 rings (SSSR count). The molecule has 1 N–H and O–H groups in total. The maximum atomic E-state index is 12.6. The molecule has 1 unspecified atom stereocenters. The summed E-state index contributed by atoms with van der Waals surface area (Å²) in [6.45, 7) is 6.30. The summed E-state index contributed by atoms with van der Waals surface area (Å²) in [5.41, 5.74) is 0. The van der Waals surface area contributed by atoms with E-state index < -0.39 is 11.9 Å². The van der Waals surface area contributed by atoms with E-state index in [0.29, 0.717) is 32.7 Å². The van der Waals surface area contributed by atoms with Crippen molar-refractivity contribution in [3.05, 3.63) is 24.2 Å². The third-order valence-corrected chi connectivity index (χ3v) is 5.46. The van der Waals surface area contributed by atoms with Crippen LogP contribution in [0.4, 0.5) is 0 Å². The molecule has 0 radical (unpaired) electrons. The lowest BCUT2D eigenvalue weighted by Gasteiger charge is -2.36. The van der Waals surface area contributed by atoms with Crippen molar-refractivity contribution in [1.82, 2.24) is 20.0 Å². The fourth-order valence-electron chi connectivity index (χ4n) is 3.75. The number of carbonyl (C=O) groups is 3. The van der Waals surface area contributed by atoms with Gasteiger partial charge in [-0.2, -0.15) is 0 Å². The molecule has 3 heterocycles. The third-order valence-electron chi connectivity index (χ3n) is 5.46. The number of piperazine rings is 1. The largest absolute Gasteiger partial charge is 0.459 e. The van der Waals surface area contributed by atoms with Crippen LogP contribution in [0.3, 0.4) is 0 Å². The Kier molecular flexibility index (Phi) is 7.08. The van der Waals surface area contributed by atoms with Gasteiger partial charge in [-0.3, -0.25) is 19.3 Å². The summed E-state index contributed by atoms with van der Waals surface area (Å²) in [7, 11) is 0. The molecule has 8 nitrogen and oxygen atoms in total. The summed E-state index contributed by atoms with van der Waals surface area (Å²) in [5, 5.41) is 2.67. The maximum Gasteiger partial charge on any atom is 0.287 e. The predicted molar refractivity (Wildman–Crippen MR) is 104 cm³/mol. The molecule has 154 valence electrons. The Balaban J connectivity index is 1.42. The average molecular weight is 390 g/mol. The van der Waals surface area contributed by atoms with Gasteiger partial charge in [-0.15, -0.1) is 0 Å².